The van der Waals surface area contributed by atoms with E-state index in [0.717, 1.165) is 30.1 Å². The Morgan fingerprint density at radius 3 is 2.89 bits per heavy atom. The quantitative estimate of drug-likeness (QED) is 0.865. The van der Waals surface area contributed by atoms with Crippen molar-refractivity contribution in [2.45, 2.75) is 39.5 Å². The maximum Gasteiger partial charge on any atom is 0.164 e. The SMILES string of the molecule is CCCn1ncnc1COc1ccccc1C(C)N. The Balaban J connectivity index is 2.08. The summed E-state index contributed by atoms with van der Waals surface area (Å²) in [5.74, 6) is 1.64. The van der Waals surface area contributed by atoms with Crippen LogP contribution in [0.5, 0.6) is 5.75 Å². The van der Waals surface area contributed by atoms with Crippen molar-refractivity contribution in [2.75, 3.05) is 0 Å². The molecule has 0 saturated carbocycles. The molecule has 0 aliphatic heterocycles. The molecule has 0 amide bonds. The zero-order valence-electron chi connectivity index (χ0n) is 11.4. The van der Waals surface area contributed by atoms with E-state index in [1.165, 1.54) is 0 Å². The molecule has 2 aromatic rings. The second kappa shape index (κ2) is 6.33. The second-order valence-electron chi connectivity index (χ2n) is 4.51. The van der Waals surface area contributed by atoms with Gasteiger partial charge in [0.1, 0.15) is 18.7 Å². The van der Waals surface area contributed by atoms with Gasteiger partial charge in [0, 0.05) is 18.2 Å². The van der Waals surface area contributed by atoms with Crippen LogP contribution in [0.3, 0.4) is 0 Å². The van der Waals surface area contributed by atoms with Gasteiger partial charge in [0.15, 0.2) is 5.82 Å². The number of nitrogens with two attached hydrogens (primary N) is 1. The summed E-state index contributed by atoms with van der Waals surface area (Å²) in [6.45, 7) is 5.32. The number of para-hydroxylation sites is 1. The lowest BCUT2D eigenvalue weighted by Gasteiger charge is -2.13. The van der Waals surface area contributed by atoms with Crippen molar-refractivity contribution in [2.24, 2.45) is 5.73 Å². The minimum atomic E-state index is -0.0512. The van der Waals surface area contributed by atoms with Gasteiger partial charge in [-0.2, -0.15) is 5.10 Å². The van der Waals surface area contributed by atoms with Crippen molar-refractivity contribution in [1.82, 2.24) is 14.8 Å². The molecule has 1 unspecified atom stereocenters. The summed E-state index contributed by atoms with van der Waals surface area (Å²) < 4.78 is 7.70. The van der Waals surface area contributed by atoms with Crippen LogP contribution in [0.1, 0.15) is 37.7 Å². The lowest BCUT2D eigenvalue weighted by molar-refractivity contribution is 0.282. The smallest absolute Gasteiger partial charge is 0.164 e. The summed E-state index contributed by atoms with van der Waals surface area (Å²) in [7, 11) is 0. The number of ether oxygens (including phenoxy) is 1. The largest absolute Gasteiger partial charge is 0.485 e. The molecule has 2 N–H and O–H groups in total. The molecule has 0 aliphatic carbocycles. The molecular formula is C14H20N4O. The van der Waals surface area contributed by atoms with E-state index in [2.05, 4.69) is 17.0 Å². The average molecular weight is 260 g/mol. The van der Waals surface area contributed by atoms with Crippen LogP contribution in [0.15, 0.2) is 30.6 Å². The normalized spacial score (nSPS) is 12.4. The topological polar surface area (TPSA) is 66.0 Å². The van der Waals surface area contributed by atoms with Gasteiger partial charge in [0.25, 0.3) is 0 Å². The van der Waals surface area contributed by atoms with Crippen molar-refractivity contribution in [3.05, 3.63) is 42.0 Å². The van der Waals surface area contributed by atoms with E-state index in [4.69, 9.17) is 10.5 Å². The number of rotatable bonds is 6. The van der Waals surface area contributed by atoms with Crippen LogP contribution in [0.4, 0.5) is 0 Å². The average Bonchev–Trinajstić information content (AvgIpc) is 2.84. The van der Waals surface area contributed by atoms with E-state index in [0.29, 0.717) is 6.61 Å². The fourth-order valence-electron chi connectivity index (χ4n) is 1.93. The van der Waals surface area contributed by atoms with Gasteiger partial charge >= 0.3 is 0 Å². The summed E-state index contributed by atoms with van der Waals surface area (Å²) in [5.41, 5.74) is 6.93. The lowest BCUT2D eigenvalue weighted by Crippen LogP contribution is -2.11. The Bertz CT molecular complexity index is 522. The molecule has 0 fully saturated rings. The van der Waals surface area contributed by atoms with Gasteiger partial charge in [-0.1, -0.05) is 25.1 Å². The first kappa shape index (κ1) is 13.5. The highest BCUT2D eigenvalue weighted by atomic mass is 16.5. The molecule has 1 aromatic carbocycles. The molecule has 5 nitrogen and oxygen atoms in total. The van der Waals surface area contributed by atoms with E-state index >= 15 is 0 Å². The third-order valence-electron chi connectivity index (χ3n) is 2.90. The minimum Gasteiger partial charge on any atom is -0.485 e. The molecule has 1 atom stereocenters. The molecule has 19 heavy (non-hydrogen) atoms. The lowest BCUT2D eigenvalue weighted by atomic mass is 10.1. The summed E-state index contributed by atoms with van der Waals surface area (Å²) in [4.78, 5) is 4.22. The zero-order valence-corrected chi connectivity index (χ0v) is 11.4. The molecule has 2 rings (SSSR count). The second-order valence-corrected chi connectivity index (χ2v) is 4.51. The first-order chi connectivity index (χ1) is 9.22. The Kier molecular flexibility index (Phi) is 4.52. The van der Waals surface area contributed by atoms with Crippen LogP contribution in [-0.2, 0) is 13.2 Å². The Morgan fingerprint density at radius 1 is 1.37 bits per heavy atom. The molecule has 0 bridgehead atoms. The van der Waals surface area contributed by atoms with E-state index < -0.39 is 0 Å². The van der Waals surface area contributed by atoms with Crippen molar-refractivity contribution in [3.63, 3.8) is 0 Å². The number of aromatic nitrogens is 3. The molecule has 0 radical (unpaired) electrons. The Labute approximate surface area is 113 Å². The molecule has 0 spiro atoms. The fourth-order valence-corrected chi connectivity index (χ4v) is 1.93. The van der Waals surface area contributed by atoms with E-state index in [1.807, 2.05) is 35.9 Å². The summed E-state index contributed by atoms with van der Waals surface area (Å²) in [6.07, 6.45) is 2.58. The standard InChI is InChI=1S/C14H20N4O/c1-3-8-18-14(16-10-17-18)9-19-13-7-5-4-6-12(13)11(2)15/h4-7,10-11H,3,8-9,15H2,1-2H3. The zero-order chi connectivity index (χ0) is 13.7. The summed E-state index contributed by atoms with van der Waals surface area (Å²) >= 11 is 0. The van der Waals surface area contributed by atoms with Crippen LogP contribution >= 0.6 is 0 Å². The van der Waals surface area contributed by atoms with Gasteiger partial charge in [0.2, 0.25) is 0 Å². The fraction of sp³-hybridized carbons (Fsp3) is 0.429. The van der Waals surface area contributed by atoms with Gasteiger partial charge in [-0.25, -0.2) is 9.67 Å². The van der Waals surface area contributed by atoms with Crippen LogP contribution in [-0.4, -0.2) is 14.8 Å². The van der Waals surface area contributed by atoms with Crippen LogP contribution in [0, 0.1) is 0 Å². The maximum atomic E-state index is 5.93. The highest BCUT2D eigenvalue weighted by molar-refractivity contribution is 5.35. The number of hydrogen-bond donors (Lipinski definition) is 1. The highest BCUT2D eigenvalue weighted by Crippen LogP contribution is 2.23. The predicted molar refractivity (Wildman–Crippen MR) is 73.7 cm³/mol. The number of aryl methyl sites for hydroxylation is 1. The highest BCUT2D eigenvalue weighted by Gasteiger charge is 2.09. The summed E-state index contributed by atoms with van der Waals surface area (Å²) in [5, 5.41) is 4.18. The first-order valence-electron chi connectivity index (χ1n) is 6.56. The Morgan fingerprint density at radius 2 is 2.16 bits per heavy atom. The van der Waals surface area contributed by atoms with E-state index in [1.54, 1.807) is 6.33 Å². The van der Waals surface area contributed by atoms with Crippen molar-refractivity contribution in [1.29, 1.82) is 0 Å². The third-order valence-corrected chi connectivity index (χ3v) is 2.90. The third kappa shape index (κ3) is 3.32. The maximum absolute atomic E-state index is 5.93. The van der Waals surface area contributed by atoms with Crippen molar-refractivity contribution < 1.29 is 4.74 Å². The number of nitrogens with zero attached hydrogens (tertiary/aromatic N) is 3. The van der Waals surface area contributed by atoms with Gasteiger partial charge < -0.3 is 10.5 Å². The molecule has 0 aliphatic rings. The molecule has 0 saturated heterocycles. The van der Waals surface area contributed by atoms with E-state index in [-0.39, 0.29) is 6.04 Å². The van der Waals surface area contributed by atoms with Gasteiger partial charge in [-0.05, 0) is 19.4 Å². The van der Waals surface area contributed by atoms with Gasteiger partial charge in [-0.3, -0.25) is 0 Å². The molecule has 1 aromatic heterocycles. The molecule has 1 heterocycles. The molecule has 5 heteroatoms. The van der Waals surface area contributed by atoms with Gasteiger partial charge in [0.05, 0.1) is 0 Å². The monoisotopic (exact) mass is 260 g/mol. The van der Waals surface area contributed by atoms with Gasteiger partial charge in [-0.15, -0.1) is 0 Å². The van der Waals surface area contributed by atoms with Crippen LogP contribution < -0.4 is 10.5 Å². The Hall–Kier alpha value is -1.88. The minimum absolute atomic E-state index is 0.0512. The number of benzene rings is 1. The summed E-state index contributed by atoms with van der Waals surface area (Å²) in [6, 6.07) is 7.77. The van der Waals surface area contributed by atoms with Crippen molar-refractivity contribution in [3.8, 4) is 5.75 Å². The van der Waals surface area contributed by atoms with E-state index in [9.17, 15) is 0 Å². The van der Waals surface area contributed by atoms with Crippen LogP contribution in [0.2, 0.25) is 0 Å². The predicted octanol–water partition coefficient (Wildman–Crippen LogP) is 2.29. The molecule has 102 valence electrons. The molecular weight excluding hydrogens is 240 g/mol. The van der Waals surface area contributed by atoms with Crippen molar-refractivity contribution >= 4 is 0 Å². The number of hydrogen-bond acceptors (Lipinski definition) is 4. The first-order valence-corrected chi connectivity index (χ1v) is 6.56. The van der Waals surface area contributed by atoms with Crippen LogP contribution in [0.25, 0.3) is 0 Å².